The van der Waals surface area contributed by atoms with E-state index in [4.69, 9.17) is 0 Å². The van der Waals surface area contributed by atoms with E-state index in [2.05, 4.69) is 59.7 Å². The Balaban J connectivity index is 1.63. The van der Waals surface area contributed by atoms with Gasteiger partial charge in [0.05, 0.1) is 6.54 Å². The minimum Gasteiger partial charge on any atom is -0.320 e. The van der Waals surface area contributed by atoms with Crippen molar-refractivity contribution in [3.05, 3.63) is 48.0 Å². The average molecular weight is 270 g/mol. The fourth-order valence-corrected chi connectivity index (χ4v) is 3.20. The van der Waals surface area contributed by atoms with Crippen molar-refractivity contribution in [3.8, 4) is 0 Å². The Morgan fingerprint density at radius 2 is 2.05 bits per heavy atom. The second-order valence-corrected chi connectivity index (χ2v) is 6.31. The van der Waals surface area contributed by atoms with E-state index in [1.54, 1.807) is 6.33 Å². The SMILES string of the molecule is Cn1cnnc1CNC1CC(c2ccccc2)C1(C)C. The Labute approximate surface area is 120 Å². The molecule has 1 aliphatic rings. The van der Waals surface area contributed by atoms with Crippen molar-refractivity contribution >= 4 is 0 Å². The predicted molar refractivity (Wildman–Crippen MR) is 79.2 cm³/mol. The van der Waals surface area contributed by atoms with Crippen molar-refractivity contribution in [1.82, 2.24) is 20.1 Å². The quantitative estimate of drug-likeness (QED) is 0.928. The molecule has 1 aromatic carbocycles. The van der Waals surface area contributed by atoms with Gasteiger partial charge in [-0.05, 0) is 23.3 Å². The van der Waals surface area contributed by atoms with Crippen molar-refractivity contribution in [2.24, 2.45) is 12.5 Å². The van der Waals surface area contributed by atoms with Crippen LogP contribution in [-0.4, -0.2) is 20.8 Å². The van der Waals surface area contributed by atoms with Gasteiger partial charge in [-0.1, -0.05) is 44.2 Å². The van der Waals surface area contributed by atoms with E-state index >= 15 is 0 Å². The van der Waals surface area contributed by atoms with Crippen LogP contribution in [0.4, 0.5) is 0 Å². The Morgan fingerprint density at radius 3 is 2.65 bits per heavy atom. The second kappa shape index (κ2) is 5.02. The van der Waals surface area contributed by atoms with Gasteiger partial charge in [-0.15, -0.1) is 10.2 Å². The van der Waals surface area contributed by atoms with Gasteiger partial charge in [0.1, 0.15) is 12.2 Å². The highest BCUT2D eigenvalue weighted by molar-refractivity contribution is 5.27. The van der Waals surface area contributed by atoms with E-state index < -0.39 is 0 Å². The Hall–Kier alpha value is -1.68. The van der Waals surface area contributed by atoms with E-state index in [-0.39, 0.29) is 5.41 Å². The molecule has 20 heavy (non-hydrogen) atoms. The van der Waals surface area contributed by atoms with Crippen LogP contribution in [-0.2, 0) is 13.6 Å². The van der Waals surface area contributed by atoms with Crippen LogP contribution in [0.25, 0.3) is 0 Å². The zero-order valence-electron chi connectivity index (χ0n) is 12.4. The normalized spacial score (nSPS) is 24.4. The maximum Gasteiger partial charge on any atom is 0.146 e. The molecule has 2 aromatic rings. The molecule has 0 amide bonds. The molecular formula is C16H22N4. The van der Waals surface area contributed by atoms with Crippen LogP contribution in [0.1, 0.15) is 37.6 Å². The number of nitrogens with one attached hydrogen (secondary N) is 1. The summed E-state index contributed by atoms with van der Waals surface area (Å²) >= 11 is 0. The molecule has 106 valence electrons. The minimum atomic E-state index is 0.278. The highest BCUT2D eigenvalue weighted by atomic mass is 15.3. The zero-order valence-corrected chi connectivity index (χ0v) is 12.4. The lowest BCUT2D eigenvalue weighted by molar-refractivity contribution is 0.0671. The van der Waals surface area contributed by atoms with Crippen LogP contribution in [0.3, 0.4) is 0 Å². The number of rotatable bonds is 4. The van der Waals surface area contributed by atoms with Gasteiger partial charge in [-0.25, -0.2) is 0 Å². The molecule has 0 radical (unpaired) electrons. The van der Waals surface area contributed by atoms with Crippen LogP contribution in [0.15, 0.2) is 36.7 Å². The zero-order chi connectivity index (χ0) is 14.2. The lowest BCUT2D eigenvalue weighted by Crippen LogP contribution is -2.55. The fourth-order valence-electron chi connectivity index (χ4n) is 3.20. The molecule has 0 aliphatic heterocycles. The van der Waals surface area contributed by atoms with Crippen molar-refractivity contribution in [3.63, 3.8) is 0 Å². The molecule has 4 heteroatoms. The van der Waals surface area contributed by atoms with E-state index in [0.29, 0.717) is 12.0 Å². The Morgan fingerprint density at radius 1 is 1.30 bits per heavy atom. The van der Waals surface area contributed by atoms with Gasteiger partial charge in [-0.3, -0.25) is 0 Å². The average Bonchev–Trinajstić information content (AvgIpc) is 2.84. The van der Waals surface area contributed by atoms with Crippen molar-refractivity contribution in [2.75, 3.05) is 0 Å². The summed E-state index contributed by atoms with van der Waals surface area (Å²) < 4.78 is 1.97. The summed E-state index contributed by atoms with van der Waals surface area (Å²) in [7, 11) is 1.98. The van der Waals surface area contributed by atoms with Crippen LogP contribution in [0.5, 0.6) is 0 Å². The van der Waals surface area contributed by atoms with Crippen LogP contribution < -0.4 is 5.32 Å². The number of aromatic nitrogens is 3. The molecule has 1 N–H and O–H groups in total. The molecule has 2 atom stereocenters. The molecule has 1 fully saturated rings. The summed E-state index contributed by atoms with van der Waals surface area (Å²) in [6, 6.07) is 11.4. The second-order valence-electron chi connectivity index (χ2n) is 6.31. The molecule has 0 bridgehead atoms. The first kappa shape index (κ1) is 13.3. The molecule has 1 heterocycles. The molecule has 1 aromatic heterocycles. The summed E-state index contributed by atoms with van der Waals surface area (Å²) in [5.74, 6) is 1.63. The first-order valence-electron chi connectivity index (χ1n) is 7.20. The lowest BCUT2D eigenvalue weighted by Gasteiger charge is -2.53. The smallest absolute Gasteiger partial charge is 0.146 e. The largest absolute Gasteiger partial charge is 0.320 e. The molecule has 0 saturated heterocycles. The van der Waals surface area contributed by atoms with Gasteiger partial charge in [0.2, 0.25) is 0 Å². The number of hydrogen-bond donors (Lipinski definition) is 1. The standard InChI is InChI=1S/C16H22N4/c1-16(2)13(12-7-5-4-6-8-12)9-14(16)17-10-15-19-18-11-20(15)3/h4-8,11,13-14,17H,9-10H2,1-3H3. The molecule has 0 spiro atoms. The van der Waals surface area contributed by atoms with E-state index in [1.807, 2.05) is 11.6 Å². The lowest BCUT2D eigenvalue weighted by atomic mass is 9.56. The van der Waals surface area contributed by atoms with Crippen LogP contribution in [0, 0.1) is 5.41 Å². The van der Waals surface area contributed by atoms with Gasteiger partial charge < -0.3 is 9.88 Å². The molecule has 1 aliphatic carbocycles. The van der Waals surface area contributed by atoms with E-state index in [9.17, 15) is 0 Å². The number of nitrogens with zero attached hydrogens (tertiary/aromatic N) is 3. The van der Waals surface area contributed by atoms with Gasteiger partial charge in [0, 0.05) is 13.1 Å². The summed E-state index contributed by atoms with van der Waals surface area (Å²) in [6.45, 7) is 5.48. The predicted octanol–water partition coefficient (Wildman–Crippen LogP) is 2.49. The third-order valence-corrected chi connectivity index (χ3v) is 4.78. The Bertz CT molecular complexity index is 573. The first-order valence-corrected chi connectivity index (χ1v) is 7.20. The highest BCUT2D eigenvalue weighted by Crippen LogP contribution is 2.52. The summed E-state index contributed by atoms with van der Waals surface area (Å²) in [6.07, 6.45) is 2.94. The molecular weight excluding hydrogens is 248 g/mol. The van der Waals surface area contributed by atoms with Crippen molar-refractivity contribution in [1.29, 1.82) is 0 Å². The highest BCUT2D eigenvalue weighted by Gasteiger charge is 2.48. The molecule has 3 rings (SSSR count). The number of hydrogen-bond acceptors (Lipinski definition) is 3. The van der Waals surface area contributed by atoms with Gasteiger partial charge >= 0.3 is 0 Å². The molecule has 1 saturated carbocycles. The van der Waals surface area contributed by atoms with Crippen molar-refractivity contribution < 1.29 is 0 Å². The summed E-state index contributed by atoms with van der Waals surface area (Å²) in [4.78, 5) is 0. The fraction of sp³-hybridized carbons (Fsp3) is 0.500. The maximum absolute atomic E-state index is 4.12. The van der Waals surface area contributed by atoms with E-state index in [1.165, 1.54) is 12.0 Å². The van der Waals surface area contributed by atoms with Crippen molar-refractivity contribution in [2.45, 2.75) is 38.8 Å². The van der Waals surface area contributed by atoms with Gasteiger partial charge in [0.25, 0.3) is 0 Å². The number of aryl methyl sites for hydroxylation is 1. The third-order valence-electron chi connectivity index (χ3n) is 4.78. The van der Waals surface area contributed by atoms with Crippen LogP contribution >= 0.6 is 0 Å². The van der Waals surface area contributed by atoms with Gasteiger partial charge in [0.15, 0.2) is 0 Å². The number of benzene rings is 1. The van der Waals surface area contributed by atoms with Crippen LogP contribution in [0.2, 0.25) is 0 Å². The first-order chi connectivity index (χ1) is 9.59. The summed E-state index contributed by atoms with van der Waals surface area (Å²) in [5.41, 5.74) is 1.73. The molecule has 2 unspecified atom stereocenters. The monoisotopic (exact) mass is 270 g/mol. The third kappa shape index (κ3) is 2.24. The summed E-state index contributed by atoms with van der Waals surface area (Å²) in [5, 5.41) is 11.7. The van der Waals surface area contributed by atoms with E-state index in [0.717, 1.165) is 12.4 Å². The molecule has 4 nitrogen and oxygen atoms in total. The maximum atomic E-state index is 4.12. The Kier molecular flexibility index (Phi) is 3.34. The van der Waals surface area contributed by atoms with Gasteiger partial charge in [-0.2, -0.15) is 0 Å². The topological polar surface area (TPSA) is 42.7 Å². The minimum absolute atomic E-state index is 0.278.